The van der Waals surface area contributed by atoms with Gasteiger partial charge in [-0.1, -0.05) is 26.4 Å². The third-order valence-corrected chi connectivity index (χ3v) is 4.42. The van der Waals surface area contributed by atoms with Crippen molar-refractivity contribution >= 4 is 18.1 Å². The van der Waals surface area contributed by atoms with Crippen molar-refractivity contribution in [1.82, 2.24) is 15.5 Å². The molecule has 0 aromatic rings. The van der Waals surface area contributed by atoms with Crippen molar-refractivity contribution in [2.75, 3.05) is 86.2 Å². The Morgan fingerprint density at radius 3 is 1.71 bits per heavy atom. The van der Waals surface area contributed by atoms with Crippen LogP contribution in [0.15, 0.2) is 0 Å². The molecule has 0 aliphatic heterocycles. The Morgan fingerprint density at radius 1 is 0.707 bits per heavy atom. The van der Waals surface area contributed by atoms with Gasteiger partial charge in [-0.05, 0) is 26.2 Å². The van der Waals surface area contributed by atoms with Crippen molar-refractivity contribution in [2.24, 2.45) is 0 Å². The number of carbonyl (C=O) groups excluding carboxylic acids is 3. The van der Waals surface area contributed by atoms with Crippen LogP contribution in [0.5, 0.6) is 0 Å². The Labute approximate surface area is 348 Å². The largest absolute Gasteiger partial charge is 0.447 e. The van der Waals surface area contributed by atoms with E-state index in [4.69, 9.17) is 28.4 Å². The van der Waals surface area contributed by atoms with Crippen LogP contribution in [0.4, 0.5) is 9.59 Å². The van der Waals surface area contributed by atoms with Crippen LogP contribution < -0.4 is 10.6 Å². The molecule has 0 aliphatic rings. The van der Waals surface area contributed by atoms with Crippen LogP contribution in [-0.2, 0) is 164 Å². The minimum atomic E-state index is -0.457. The number of alkyl carbamates (subject to hydrolysis) is 2. The topological polar surface area (TPSA) is 134 Å². The smallest absolute Gasteiger partial charge is 0.407 e. The van der Waals surface area contributed by atoms with Gasteiger partial charge < -0.3 is 71.6 Å². The number of hydrogen-bond donors (Lipinski definition) is 2. The number of nitrogens with zero attached hydrogens (tertiary/aromatic N) is 1. The molecule has 12 nitrogen and oxygen atoms in total. The molecule has 2 N–H and O–H groups in total. The number of carbonyl (C=O) groups is 3. The van der Waals surface area contributed by atoms with Gasteiger partial charge in [-0.3, -0.25) is 4.79 Å². The molecule has 1 atom stereocenters. The normalized spacial score (nSPS) is 10.0. The van der Waals surface area contributed by atoms with E-state index in [1.54, 1.807) is 11.9 Å². The summed E-state index contributed by atoms with van der Waals surface area (Å²) in [7, 11) is 1.71. The second-order valence-electron chi connectivity index (χ2n) is 7.44. The van der Waals surface area contributed by atoms with Gasteiger partial charge in [0.05, 0.1) is 19.8 Å². The summed E-state index contributed by atoms with van der Waals surface area (Å²) in [5.74, 6) is -0.0590. The van der Waals surface area contributed by atoms with Gasteiger partial charge in [0.1, 0.15) is 19.8 Å². The Bertz CT molecular complexity index is 572. The van der Waals surface area contributed by atoms with Gasteiger partial charge in [-0.2, -0.15) is 0 Å². The number of rotatable bonds is 21. The monoisotopic (exact) mass is 889 g/mol. The molecule has 0 saturated heterocycles. The molecule has 232 valence electrons. The third kappa shape index (κ3) is 44.4. The molecule has 1 unspecified atom stereocenters. The molecule has 0 spiro atoms. The number of unbranched alkanes of at least 4 members (excludes halogenated alkanes) is 1. The number of hydrogen-bond acceptors (Lipinski definition) is 9. The van der Waals surface area contributed by atoms with Crippen LogP contribution in [0.1, 0.15) is 26.2 Å². The quantitative estimate of drug-likeness (QED) is 0.131. The van der Waals surface area contributed by atoms with Crippen molar-refractivity contribution in [2.45, 2.75) is 32.2 Å². The average molecular weight is 889 g/mol. The van der Waals surface area contributed by atoms with Gasteiger partial charge in [0.25, 0.3) is 0 Å². The maximum Gasteiger partial charge on any atom is 0.407 e. The van der Waals surface area contributed by atoms with Crippen LogP contribution in [0.25, 0.3) is 0 Å². The van der Waals surface area contributed by atoms with E-state index in [2.05, 4.69) is 38.3 Å². The fourth-order valence-electron chi connectivity index (χ4n) is 2.42. The summed E-state index contributed by atoms with van der Waals surface area (Å²) in [5, 5.41) is 5.38. The van der Waals surface area contributed by atoms with Gasteiger partial charge in [-0.25, -0.2) is 9.59 Å². The predicted octanol–water partition coefficient (Wildman–Crippen LogP) is 1.84. The minimum absolute atomic E-state index is 0. The first-order valence-corrected chi connectivity index (χ1v) is 12.4. The molecule has 3 amide bonds. The van der Waals surface area contributed by atoms with Crippen LogP contribution in [-0.4, -0.2) is 115 Å². The van der Waals surface area contributed by atoms with E-state index < -0.39 is 12.2 Å². The van der Waals surface area contributed by atoms with E-state index in [1.807, 2.05) is 6.92 Å². The van der Waals surface area contributed by atoms with Crippen molar-refractivity contribution in [1.29, 1.82) is 0 Å². The molecule has 0 saturated carbocycles. The molecular formula is C25H47N3O9Y4-4. The third-order valence-electron chi connectivity index (χ3n) is 4.42. The fraction of sp³-hybridized carbons (Fsp3) is 0.720. The zero-order valence-electron chi connectivity index (χ0n) is 24.9. The molecule has 41 heavy (non-hydrogen) atoms. The van der Waals surface area contributed by atoms with Crippen LogP contribution in [0.2, 0.25) is 0 Å². The zero-order valence-corrected chi connectivity index (χ0v) is 36.3. The number of amides is 3. The Kier molecular flexibility index (Phi) is 60.3. The average Bonchev–Trinajstić information content (AvgIpc) is 2.88. The van der Waals surface area contributed by atoms with Crippen LogP contribution >= 0.6 is 0 Å². The SMILES string of the molecule is [CH2-]COCCN(C)C(=O)COC[CH2-].[CH2-]COCCOC(=O)NCCCCC(C)NC(=O)OCCOC[CH2-].[Y].[Y].[Y].[Y]. The summed E-state index contributed by atoms with van der Waals surface area (Å²) in [4.78, 5) is 35.5. The Hall–Kier alpha value is 2.27. The van der Waals surface area contributed by atoms with E-state index in [0.717, 1.165) is 19.3 Å². The van der Waals surface area contributed by atoms with E-state index in [9.17, 15) is 14.4 Å². The van der Waals surface area contributed by atoms with Crippen molar-refractivity contribution < 1.29 is 174 Å². The first kappa shape index (κ1) is 55.7. The molecular weight excluding hydrogens is 842 g/mol. The Morgan fingerprint density at radius 2 is 1.20 bits per heavy atom. The van der Waals surface area contributed by atoms with E-state index in [-0.39, 0.29) is 163 Å². The summed E-state index contributed by atoms with van der Waals surface area (Å²) >= 11 is 0. The van der Waals surface area contributed by atoms with E-state index in [0.29, 0.717) is 59.3 Å². The van der Waals surface area contributed by atoms with Crippen LogP contribution in [0.3, 0.4) is 0 Å². The predicted molar refractivity (Wildman–Crippen MR) is 139 cm³/mol. The van der Waals surface area contributed by atoms with E-state index in [1.165, 1.54) is 0 Å². The van der Waals surface area contributed by atoms with Gasteiger partial charge in [-0.15, -0.1) is 0 Å². The minimum Gasteiger partial charge on any atom is -0.447 e. The van der Waals surface area contributed by atoms with Gasteiger partial charge >= 0.3 is 12.2 Å². The summed E-state index contributed by atoms with van der Waals surface area (Å²) < 4.78 is 29.6. The van der Waals surface area contributed by atoms with Crippen molar-refractivity contribution in [3.63, 3.8) is 0 Å². The summed E-state index contributed by atoms with van der Waals surface area (Å²) in [6.07, 6.45) is 1.53. The maximum atomic E-state index is 11.4. The Balaban J connectivity index is -0.000000156. The van der Waals surface area contributed by atoms with Crippen LogP contribution in [0, 0.1) is 27.7 Å². The molecule has 0 aromatic heterocycles. The van der Waals surface area contributed by atoms with Crippen molar-refractivity contribution in [3.8, 4) is 0 Å². The molecule has 0 rings (SSSR count). The first-order valence-electron chi connectivity index (χ1n) is 12.4. The van der Waals surface area contributed by atoms with Gasteiger partial charge in [0.2, 0.25) is 5.91 Å². The standard InChI is InChI=1S/C16H30N2O6.C9H17NO3.4Y/c1-4-21-10-12-23-15(19)17-9-7-6-8-14(3)18-16(20)24-13-11-22-5-2;1-4-12-7-6-10(3)9(11)8-13-5-2;;;;/h14H,1-2,4-13H2,3H3,(H,17,19)(H,18,20);1-2,4-8H2,3H3;;;;/q2*-2;;;;. The summed E-state index contributed by atoms with van der Waals surface area (Å²) in [6.45, 7) is 20.1. The molecule has 16 heteroatoms. The molecule has 0 bridgehead atoms. The second kappa shape index (κ2) is 44.4. The van der Waals surface area contributed by atoms with Gasteiger partial charge in [0, 0.05) is 157 Å². The zero-order chi connectivity index (χ0) is 28.2. The maximum absolute atomic E-state index is 11.4. The molecule has 4 radical (unpaired) electrons. The molecule has 0 aromatic carbocycles. The second-order valence-corrected chi connectivity index (χ2v) is 7.44. The number of likely N-dealkylation sites (N-methyl/N-ethyl adjacent to an activating group) is 1. The number of nitrogens with one attached hydrogen (secondary N) is 2. The molecule has 0 heterocycles. The molecule has 0 aliphatic carbocycles. The van der Waals surface area contributed by atoms with Gasteiger partial charge in [0.15, 0.2) is 0 Å². The summed E-state index contributed by atoms with van der Waals surface area (Å²) in [6, 6.07) is -0.00184. The molecule has 0 fully saturated rings. The van der Waals surface area contributed by atoms with E-state index >= 15 is 0 Å². The number of ether oxygens (including phenoxy) is 6. The van der Waals surface area contributed by atoms with Crippen molar-refractivity contribution in [3.05, 3.63) is 27.7 Å². The first-order chi connectivity index (χ1) is 17.8. The summed E-state index contributed by atoms with van der Waals surface area (Å²) in [5.41, 5.74) is 0. The fourth-order valence-corrected chi connectivity index (χ4v) is 2.42.